The fourth-order valence-electron chi connectivity index (χ4n) is 2.34. The Kier molecular flexibility index (Phi) is 6.08. The molecule has 2 heterocycles. The van der Waals surface area contributed by atoms with Crippen LogP contribution in [-0.2, 0) is 13.6 Å². The van der Waals surface area contributed by atoms with E-state index in [2.05, 4.69) is 85.8 Å². The van der Waals surface area contributed by atoms with Crippen molar-refractivity contribution in [2.24, 2.45) is 12.0 Å². The largest absolute Gasteiger partial charge is 0.356 e. The van der Waals surface area contributed by atoms with Crippen LogP contribution in [0.5, 0.6) is 0 Å². The van der Waals surface area contributed by atoms with Crippen LogP contribution in [0.2, 0.25) is 0 Å². The van der Waals surface area contributed by atoms with Gasteiger partial charge in [-0.3, -0.25) is 4.99 Å². The van der Waals surface area contributed by atoms with E-state index in [9.17, 15) is 0 Å². The molecular weight excluding hydrogens is 360 g/mol. The first kappa shape index (κ1) is 17.1. The number of halogens is 1. The summed E-state index contributed by atoms with van der Waals surface area (Å²) >= 11 is 5.26. The summed E-state index contributed by atoms with van der Waals surface area (Å²) in [6, 6.07) is 4.32. The van der Waals surface area contributed by atoms with E-state index in [-0.39, 0.29) is 0 Å². The lowest BCUT2D eigenvalue weighted by Gasteiger charge is -2.23. The molecule has 1 atom stereocenters. The minimum atomic E-state index is 0.473. The fraction of sp³-hybridized carbons (Fsp3) is 0.438. The quantitative estimate of drug-likeness (QED) is 0.631. The van der Waals surface area contributed by atoms with Gasteiger partial charge in [-0.25, -0.2) is 0 Å². The van der Waals surface area contributed by atoms with Crippen LogP contribution in [0.3, 0.4) is 0 Å². The van der Waals surface area contributed by atoms with Crippen molar-refractivity contribution in [3.63, 3.8) is 0 Å². The van der Waals surface area contributed by atoms with Gasteiger partial charge in [0.25, 0.3) is 0 Å². The zero-order valence-electron chi connectivity index (χ0n) is 13.5. The van der Waals surface area contributed by atoms with Crippen LogP contribution >= 0.6 is 27.3 Å². The van der Waals surface area contributed by atoms with E-state index in [1.165, 1.54) is 11.3 Å². The lowest BCUT2D eigenvalue weighted by Crippen LogP contribution is -2.40. The molecule has 2 aromatic heterocycles. The first-order valence-corrected chi connectivity index (χ1v) is 8.99. The molecule has 0 spiro atoms. The molecule has 0 radical (unpaired) electrons. The number of hydrogen-bond acceptors (Lipinski definition) is 2. The number of aromatic nitrogens is 1. The van der Waals surface area contributed by atoms with E-state index in [1.807, 2.05) is 7.05 Å². The average Bonchev–Trinajstić information content (AvgIpc) is 3.10. The van der Waals surface area contributed by atoms with Crippen molar-refractivity contribution in [3.05, 3.63) is 44.8 Å². The Balaban J connectivity index is 1.92. The van der Waals surface area contributed by atoms with Crippen LogP contribution in [0.15, 0.2) is 38.6 Å². The molecule has 1 unspecified atom stereocenters. The van der Waals surface area contributed by atoms with Gasteiger partial charge in [0.15, 0.2) is 5.96 Å². The number of nitrogens with one attached hydrogen (secondary N) is 1. The first-order chi connectivity index (χ1) is 10.5. The Hall–Kier alpha value is -1.27. The minimum Gasteiger partial charge on any atom is -0.356 e. The summed E-state index contributed by atoms with van der Waals surface area (Å²) in [5.41, 5.74) is 2.62. The molecule has 6 heteroatoms. The number of aliphatic imine (C=N–C) groups is 1. The maximum absolute atomic E-state index is 4.39. The van der Waals surface area contributed by atoms with E-state index in [0.717, 1.165) is 23.5 Å². The zero-order chi connectivity index (χ0) is 16.1. The normalized spacial score (nSPS) is 13.2. The number of rotatable bonds is 5. The molecule has 0 fully saturated rings. The molecule has 0 saturated carbocycles. The average molecular weight is 383 g/mol. The maximum atomic E-state index is 4.39. The van der Waals surface area contributed by atoms with Gasteiger partial charge < -0.3 is 14.8 Å². The molecule has 0 aromatic carbocycles. The Morgan fingerprint density at radius 3 is 2.86 bits per heavy atom. The monoisotopic (exact) mass is 382 g/mol. The summed E-state index contributed by atoms with van der Waals surface area (Å²) in [4.78, 5) is 6.53. The predicted molar refractivity (Wildman–Crippen MR) is 98.7 cm³/mol. The van der Waals surface area contributed by atoms with Crippen molar-refractivity contribution in [1.29, 1.82) is 0 Å². The number of hydrogen-bond donors (Lipinski definition) is 1. The minimum absolute atomic E-state index is 0.473. The number of nitrogens with zero attached hydrogens (tertiary/aromatic N) is 3. The third-order valence-corrected chi connectivity index (χ3v) is 4.86. The van der Waals surface area contributed by atoms with Crippen LogP contribution < -0.4 is 5.32 Å². The molecule has 0 amide bonds. The predicted octanol–water partition coefficient (Wildman–Crippen LogP) is 3.66. The van der Waals surface area contributed by atoms with Gasteiger partial charge in [-0.1, -0.05) is 6.92 Å². The molecule has 22 heavy (non-hydrogen) atoms. The van der Waals surface area contributed by atoms with Gasteiger partial charge in [0.2, 0.25) is 0 Å². The van der Waals surface area contributed by atoms with Crippen molar-refractivity contribution in [2.45, 2.75) is 19.4 Å². The summed E-state index contributed by atoms with van der Waals surface area (Å²) in [6.45, 7) is 3.93. The molecule has 0 saturated heterocycles. The highest BCUT2D eigenvalue weighted by Crippen LogP contribution is 2.17. The fourth-order valence-corrected chi connectivity index (χ4v) is 3.70. The van der Waals surface area contributed by atoms with Crippen molar-refractivity contribution >= 4 is 33.2 Å². The summed E-state index contributed by atoms with van der Waals surface area (Å²) in [5, 5.41) is 7.80. The van der Waals surface area contributed by atoms with E-state index in [4.69, 9.17) is 0 Å². The maximum Gasteiger partial charge on any atom is 0.193 e. The molecule has 0 aliphatic rings. The molecular formula is C16H23BrN4S. The van der Waals surface area contributed by atoms with Gasteiger partial charge in [-0.15, -0.1) is 0 Å². The van der Waals surface area contributed by atoms with Crippen LogP contribution in [0.4, 0.5) is 0 Å². The van der Waals surface area contributed by atoms with E-state index >= 15 is 0 Å². The molecule has 0 aliphatic carbocycles. The molecule has 0 bridgehead atoms. The summed E-state index contributed by atoms with van der Waals surface area (Å²) < 4.78 is 3.23. The van der Waals surface area contributed by atoms with Gasteiger partial charge in [-0.2, -0.15) is 11.3 Å². The molecule has 120 valence electrons. The highest BCUT2D eigenvalue weighted by atomic mass is 79.9. The van der Waals surface area contributed by atoms with Gasteiger partial charge in [-0.05, 0) is 50.3 Å². The highest BCUT2D eigenvalue weighted by molar-refractivity contribution is 9.10. The van der Waals surface area contributed by atoms with Gasteiger partial charge >= 0.3 is 0 Å². The number of guanidine groups is 1. The Bertz CT molecular complexity index is 618. The third kappa shape index (κ3) is 4.36. The van der Waals surface area contributed by atoms with Crippen LogP contribution in [0.25, 0.3) is 0 Å². The Morgan fingerprint density at radius 1 is 1.55 bits per heavy atom. The lowest BCUT2D eigenvalue weighted by atomic mass is 10.1. The van der Waals surface area contributed by atoms with E-state index in [0.29, 0.717) is 5.92 Å². The molecule has 1 N–H and O–H groups in total. The van der Waals surface area contributed by atoms with Crippen LogP contribution in [0, 0.1) is 0 Å². The number of thiophene rings is 1. The van der Waals surface area contributed by atoms with Crippen molar-refractivity contribution in [1.82, 2.24) is 14.8 Å². The van der Waals surface area contributed by atoms with E-state index < -0.39 is 0 Å². The van der Waals surface area contributed by atoms with Gasteiger partial charge in [0.05, 0.1) is 6.54 Å². The van der Waals surface area contributed by atoms with Crippen molar-refractivity contribution < 1.29 is 0 Å². The smallest absolute Gasteiger partial charge is 0.193 e. The van der Waals surface area contributed by atoms with Gasteiger partial charge in [0.1, 0.15) is 0 Å². The number of aryl methyl sites for hydroxylation is 1. The zero-order valence-corrected chi connectivity index (χ0v) is 15.9. The second kappa shape index (κ2) is 7.83. The summed E-state index contributed by atoms with van der Waals surface area (Å²) in [7, 11) is 5.95. The molecule has 0 aliphatic heterocycles. The van der Waals surface area contributed by atoms with Crippen LogP contribution in [-0.4, -0.2) is 36.1 Å². The Labute approximate surface area is 145 Å². The molecule has 4 nitrogen and oxygen atoms in total. The van der Waals surface area contributed by atoms with Crippen molar-refractivity contribution in [3.8, 4) is 0 Å². The van der Waals surface area contributed by atoms with Gasteiger partial charge in [0, 0.05) is 44.1 Å². The second-order valence-electron chi connectivity index (χ2n) is 5.50. The second-order valence-corrected chi connectivity index (χ2v) is 7.20. The highest BCUT2D eigenvalue weighted by Gasteiger charge is 2.12. The van der Waals surface area contributed by atoms with E-state index in [1.54, 1.807) is 11.3 Å². The van der Waals surface area contributed by atoms with Crippen molar-refractivity contribution in [2.75, 3.05) is 20.6 Å². The molecule has 2 rings (SSSR count). The SMILES string of the molecule is CN=C(NCC(C)c1ccsc1)N(C)Cc1cc(Br)cn1C. The topological polar surface area (TPSA) is 32.6 Å². The molecule has 2 aromatic rings. The lowest BCUT2D eigenvalue weighted by molar-refractivity contribution is 0.459. The standard InChI is InChI=1S/C16H23BrN4S/c1-12(13-5-6-22-11-13)8-19-16(18-2)21(4)10-15-7-14(17)9-20(15)3/h5-7,9,11-12H,8,10H2,1-4H3,(H,18,19). The summed E-state index contributed by atoms with van der Waals surface area (Å²) in [5.74, 6) is 1.39. The van der Waals surface area contributed by atoms with Crippen LogP contribution in [0.1, 0.15) is 24.1 Å². The Morgan fingerprint density at radius 2 is 2.32 bits per heavy atom. The third-order valence-electron chi connectivity index (χ3n) is 3.73. The first-order valence-electron chi connectivity index (χ1n) is 7.26. The summed E-state index contributed by atoms with van der Waals surface area (Å²) in [6.07, 6.45) is 2.07.